The van der Waals surface area contributed by atoms with Crippen molar-refractivity contribution >= 4 is 0 Å². The van der Waals surface area contributed by atoms with Gasteiger partial charge in [-0.2, -0.15) is 0 Å². The van der Waals surface area contributed by atoms with Crippen molar-refractivity contribution in [3.05, 3.63) is 29.8 Å². The molecule has 0 radical (unpaired) electrons. The van der Waals surface area contributed by atoms with Gasteiger partial charge in [-0.15, -0.1) is 0 Å². The van der Waals surface area contributed by atoms with Crippen molar-refractivity contribution < 1.29 is 9.84 Å². The number of nitrogens with one attached hydrogen (secondary N) is 1. The van der Waals surface area contributed by atoms with E-state index in [0.717, 1.165) is 24.3 Å². The Kier molecular flexibility index (Phi) is 6.01. The summed E-state index contributed by atoms with van der Waals surface area (Å²) in [6.07, 6.45) is 0.957. The van der Waals surface area contributed by atoms with Crippen molar-refractivity contribution in [1.82, 2.24) is 5.32 Å². The van der Waals surface area contributed by atoms with Crippen molar-refractivity contribution in [3.8, 4) is 5.75 Å². The molecule has 3 nitrogen and oxygen atoms in total. The summed E-state index contributed by atoms with van der Waals surface area (Å²) in [6.45, 7) is 7.11. The smallest absolute Gasteiger partial charge is 0.124 e. The molecule has 0 saturated carbocycles. The predicted octanol–water partition coefficient (Wildman–Crippen LogP) is 2.33. The van der Waals surface area contributed by atoms with Gasteiger partial charge in [-0.1, -0.05) is 18.2 Å². The highest BCUT2D eigenvalue weighted by molar-refractivity contribution is 5.33. The zero-order valence-electron chi connectivity index (χ0n) is 10.9. The van der Waals surface area contributed by atoms with Crippen LogP contribution in [-0.2, 0) is 6.54 Å². The van der Waals surface area contributed by atoms with E-state index in [2.05, 4.69) is 18.3 Å². The zero-order chi connectivity index (χ0) is 12.7. The summed E-state index contributed by atoms with van der Waals surface area (Å²) >= 11 is 0. The second kappa shape index (κ2) is 7.30. The van der Waals surface area contributed by atoms with Gasteiger partial charge in [0.05, 0.1) is 6.10 Å². The summed E-state index contributed by atoms with van der Waals surface area (Å²) < 4.78 is 5.75. The van der Waals surface area contributed by atoms with Gasteiger partial charge in [0, 0.05) is 24.8 Å². The van der Waals surface area contributed by atoms with E-state index in [1.807, 2.05) is 32.0 Å². The first kappa shape index (κ1) is 14.0. The van der Waals surface area contributed by atoms with Crippen molar-refractivity contribution in [2.24, 2.45) is 0 Å². The van der Waals surface area contributed by atoms with Gasteiger partial charge in [-0.25, -0.2) is 0 Å². The molecule has 0 amide bonds. The van der Waals surface area contributed by atoms with E-state index in [0.29, 0.717) is 6.04 Å². The Hall–Kier alpha value is -1.06. The van der Waals surface area contributed by atoms with Crippen LogP contribution in [0.5, 0.6) is 5.75 Å². The van der Waals surface area contributed by atoms with Crippen LogP contribution in [0.2, 0.25) is 0 Å². The molecule has 3 heteroatoms. The van der Waals surface area contributed by atoms with Crippen molar-refractivity contribution in [1.29, 1.82) is 0 Å². The fraction of sp³-hybridized carbons (Fsp3) is 0.571. The summed E-state index contributed by atoms with van der Waals surface area (Å²) in [5.41, 5.74) is 1.16. The van der Waals surface area contributed by atoms with Crippen LogP contribution < -0.4 is 10.1 Å². The third kappa shape index (κ3) is 5.20. The number of benzene rings is 1. The number of ether oxygens (including phenoxy) is 1. The molecule has 0 spiro atoms. The van der Waals surface area contributed by atoms with Gasteiger partial charge < -0.3 is 15.2 Å². The Labute approximate surface area is 104 Å². The van der Waals surface area contributed by atoms with Crippen molar-refractivity contribution in [2.75, 3.05) is 6.61 Å². The van der Waals surface area contributed by atoms with E-state index >= 15 is 0 Å². The van der Waals surface area contributed by atoms with E-state index in [1.54, 1.807) is 0 Å². The standard InChI is InChI=1S/C14H23NO2/c1-11(2)17-14-7-5-4-6-13(14)10-15-12(3)8-9-16/h4-7,11-12,15-16H,8-10H2,1-3H3. The molecule has 17 heavy (non-hydrogen) atoms. The zero-order valence-corrected chi connectivity index (χ0v) is 10.9. The molecule has 1 atom stereocenters. The molecule has 0 aromatic heterocycles. The van der Waals surface area contributed by atoms with Crippen LogP contribution in [0, 0.1) is 0 Å². The lowest BCUT2D eigenvalue weighted by Gasteiger charge is -2.17. The van der Waals surface area contributed by atoms with Crippen LogP contribution in [-0.4, -0.2) is 23.9 Å². The van der Waals surface area contributed by atoms with E-state index in [4.69, 9.17) is 9.84 Å². The minimum absolute atomic E-state index is 0.186. The lowest BCUT2D eigenvalue weighted by Crippen LogP contribution is -2.26. The van der Waals surface area contributed by atoms with E-state index < -0.39 is 0 Å². The molecule has 0 saturated heterocycles. The summed E-state index contributed by atoms with van der Waals surface area (Å²) in [7, 11) is 0. The minimum Gasteiger partial charge on any atom is -0.491 e. The third-order valence-electron chi connectivity index (χ3n) is 2.54. The van der Waals surface area contributed by atoms with Gasteiger partial charge in [0.2, 0.25) is 0 Å². The first-order chi connectivity index (χ1) is 8.13. The molecule has 96 valence electrons. The number of rotatable bonds is 7. The number of para-hydroxylation sites is 1. The largest absolute Gasteiger partial charge is 0.491 e. The highest BCUT2D eigenvalue weighted by Crippen LogP contribution is 2.19. The van der Waals surface area contributed by atoms with E-state index in [9.17, 15) is 0 Å². The predicted molar refractivity (Wildman–Crippen MR) is 70.2 cm³/mol. The molecule has 1 aromatic rings. The fourth-order valence-corrected chi connectivity index (χ4v) is 1.60. The number of aliphatic hydroxyl groups is 1. The number of hydrogen-bond acceptors (Lipinski definition) is 3. The van der Waals surface area contributed by atoms with Crippen LogP contribution in [0.1, 0.15) is 32.8 Å². The van der Waals surface area contributed by atoms with Gasteiger partial charge in [0.1, 0.15) is 5.75 Å². The summed E-state index contributed by atoms with van der Waals surface area (Å²) in [4.78, 5) is 0. The summed E-state index contributed by atoms with van der Waals surface area (Å²) in [5.74, 6) is 0.936. The highest BCUT2D eigenvalue weighted by atomic mass is 16.5. The maximum absolute atomic E-state index is 8.84. The molecule has 0 heterocycles. The molecule has 0 aliphatic carbocycles. The van der Waals surface area contributed by atoms with Gasteiger partial charge >= 0.3 is 0 Å². The van der Waals surface area contributed by atoms with Crippen LogP contribution in [0.25, 0.3) is 0 Å². The first-order valence-electron chi connectivity index (χ1n) is 6.22. The Morgan fingerprint density at radius 3 is 2.59 bits per heavy atom. The molecule has 1 aromatic carbocycles. The van der Waals surface area contributed by atoms with Crippen LogP contribution in [0.15, 0.2) is 24.3 Å². The van der Waals surface area contributed by atoms with Gasteiger partial charge in [-0.3, -0.25) is 0 Å². The molecule has 1 rings (SSSR count). The lowest BCUT2D eigenvalue weighted by molar-refractivity contribution is 0.238. The fourth-order valence-electron chi connectivity index (χ4n) is 1.60. The maximum Gasteiger partial charge on any atom is 0.124 e. The first-order valence-corrected chi connectivity index (χ1v) is 6.22. The molecule has 1 unspecified atom stereocenters. The SMILES string of the molecule is CC(CCO)NCc1ccccc1OC(C)C. The summed E-state index contributed by atoms with van der Waals surface area (Å²) in [6, 6.07) is 8.37. The Balaban J connectivity index is 2.57. The van der Waals surface area contributed by atoms with Crippen LogP contribution in [0.3, 0.4) is 0 Å². The monoisotopic (exact) mass is 237 g/mol. The van der Waals surface area contributed by atoms with Crippen molar-refractivity contribution in [2.45, 2.75) is 45.9 Å². The maximum atomic E-state index is 8.84. The molecule has 0 aliphatic heterocycles. The Bertz CT molecular complexity index is 326. The van der Waals surface area contributed by atoms with E-state index in [1.165, 1.54) is 0 Å². The average molecular weight is 237 g/mol. The topological polar surface area (TPSA) is 41.5 Å². The lowest BCUT2D eigenvalue weighted by atomic mass is 10.1. The molecular formula is C14H23NO2. The minimum atomic E-state index is 0.186. The molecule has 0 aliphatic rings. The quantitative estimate of drug-likeness (QED) is 0.765. The molecular weight excluding hydrogens is 214 g/mol. The Morgan fingerprint density at radius 1 is 1.24 bits per heavy atom. The molecule has 2 N–H and O–H groups in total. The van der Waals surface area contributed by atoms with Crippen LogP contribution in [0.4, 0.5) is 0 Å². The Morgan fingerprint density at radius 2 is 1.94 bits per heavy atom. The molecule has 0 fully saturated rings. The average Bonchev–Trinajstić information content (AvgIpc) is 2.27. The van der Waals surface area contributed by atoms with Gasteiger partial charge in [0.25, 0.3) is 0 Å². The molecule has 0 bridgehead atoms. The number of hydrogen-bond donors (Lipinski definition) is 2. The van der Waals surface area contributed by atoms with Crippen LogP contribution >= 0.6 is 0 Å². The van der Waals surface area contributed by atoms with E-state index in [-0.39, 0.29) is 12.7 Å². The highest BCUT2D eigenvalue weighted by Gasteiger charge is 2.06. The second-order valence-electron chi connectivity index (χ2n) is 4.57. The normalized spacial score (nSPS) is 12.8. The number of aliphatic hydroxyl groups excluding tert-OH is 1. The second-order valence-corrected chi connectivity index (χ2v) is 4.57. The van der Waals surface area contributed by atoms with Gasteiger partial charge in [0.15, 0.2) is 0 Å². The summed E-state index contributed by atoms with van der Waals surface area (Å²) in [5, 5.41) is 12.2. The third-order valence-corrected chi connectivity index (χ3v) is 2.54. The van der Waals surface area contributed by atoms with Crippen molar-refractivity contribution in [3.63, 3.8) is 0 Å². The van der Waals surface area contributed by atoms with Gasteiger partial charge in [-0.05, 0) is 33.3 Å².